The van der Waals surface area contributed by atoms with Gasteiger partial charge in [0.05, 0.1) is 19.3 Å². The average Bonchev–Trinajstić information content (AvgIpc) is 2.79. The summed E-state index contributed by atoms with van der Waals surface area (Å²) in [5.74, 6) is 0. The second-order valence-corrected chi connectivity index (χ2v) is 8.36. The third-order valence-electron chi connectivity index (χ3n) is 6.04. The summed E-state index contributed by atoms with van der Waals surface area (Å²) in [6, 6.07) is 0. The molecule has 10 N–H and O–H groups in total. The molecule has 3 saturated heterocycles. The molecule has 15 heteroatoms. The van der Waals surface area contributed by atoms with Crippen molar-refractivity contribution < 1.29 is 74.7 Å². The minimum absolute atomic E-state index is 0.515. The molecule has 0 unspecified atom stereocenters. The second kappa shape index (κ2) is 11.0. The lowest BCUT2D eigenvalue weighted by Crippen LogP contribution is -2.64. The second-order valence-electron chi connectivity index (χ2n) is 8.36. The molecule has 0 aromatic carbocycles. The average molecular weight is 488 g/mol. The van der Waals surface area contributed by atoms with Crippen LogP contribution in [0, 0.1) is 0 Å². The van der Waals surface area contributed by atoms with Crippen molar-refractivity contribution in [2.45, 2.75) is 99.0 Å². The summed E-state index contributed by atoms with van der Waals surface area (Å²) in [4.78, 5) is 0. The summed E-state index contributed by atoms with van der Waals surface area (Å²) in [6.45, 7) is 0.203. The lowest BCUT2D eigenvalue weighted by atomic mass is 9.97. The molecule has 194 valence electrons. The number of hydrogen-bond acceptors (Lipinski definition) is 15. The molecule has 3 heterocycles. The lowest BCUT2D eigenvalue weighted by Gasteiger charge is -2.45. The van der Waals surface area contributed by atoms with Crippen LogP contribution in [0.1, 0.15) is 6.92 Å². The Kier molecular flexibility index (Phi) is 8.99. The highest BCUT2D eigenvalue weighted by molar-refractivity contribution is 4.94. The number of ether oxygens (including phenoxy) is 5. The van der Waals surface area contributed by atoms with E-state index in [2.05, 4.69) is 0 Å². The van der Waals surface area contributed by atoms with Gasteiger partial charge in [-0.2, -0.15) is 0 Å². The topological polar surface area (TPSA) is 248 Å². The van der Waals surface area contributed by atoms with Crippen LogP contribution in [0.4, 0.5) is 0 Å². The summed E-state index contributed by atoms with van der Waals surface area (Å²) in [5.41, 5.74) is 0. The van der Waals surface area contributed by atoms with Crippen LogP contribution in [0.15, 0.2) is 0 Å². The molecule has 3 rings (SSSR count). The van der Waals surface area contributed by atoms with E-state index in [4.69, 9.17) is 23.7 Å². The summed E-state index contributed by atoms with van der Waals surface area (Å²) in [7, 11) is 0. The minimum Gasteiger partial charge on any atom is -0.394 e. The monoisotopic (exact) mass is 488 g/mol. The maximum absolute atomic E-state index is 10.4. The Labute approximate surface area is 187 Å². The van der Waals surface area contributed by atoms with Gasteiger partial charge in [0.1, 0.15) is 67.1 Å². The van der Waals surface area contributed by atoms with Gasteiger partial charge in [-0.05, 0) is 6.92 Å². The van der Waals surface area contributed by atoms with Gasteiger partial charge >= 0.3 is 0 Å². The van der Waals surface area contributed by atoms with Crippen LogP contribution in [0.3, 0.4) is 0 Å². The lowest BCUT2D eigenvalue weighted by molar-refractivity contribution is -0.366. The largest absolute Gasteiger partial charge is 0.394 e. The molecule has 0 amide bonds. The predicted octanol–water partition coefficient (Wildman–Crippen LogP) is -6.55. The summed E-state index contributed by atoms with van der Waals surface area (Å²) >= 11 is 0. The van der Waals surface area contributed by atoms with E-state index in [1.807, 2.05) is 0 Å². The van der Waals surface area contributed by atoms with Gasteiger partial charge in [-0.3, -0.25) is 0 Å². The van der Waals surface area contributed by atoms with E-state index in [1.54, 1.807) is 0 Å². The first kappa shape index (κ1) is 27.0. The molecule has 0 bridgehead atoms. The summed E-state index contributed by atoms with van der Waals surface area (Å²) in [5, 5.41) is 99.5. The number of rotatable bonds is 6. The first-order valence-corrected chi connectivity index (χ1v) is 10.4. The van der Waals surface area contributed by atoms with E-state index < -0.39 is 105 Å². The van der Waals surface area contributed by atoms with Crippen molar-refractivity contribution in [1.29, 1.82) is 0 Å². The molecule has 33 heavy (non-hydrogen) atoms. The zero-order valence-corrected chi connectivity index (χ0v) is 17.6. The van der Waals surface area contributed by atoms with Crippen molar-refractivity contribution >= 4 is 0 Å². The van der Waals surface area contributed by atoms with Gasteiger partial charge in [0.25, 0.3) is 0 Å². The smallest absolute Gasteiger partial charge is 0.187 e. The van der Waals surface area contributed by atoms with Gasteiger partial charge in [-0.25, -0.2) is 0 Å². The molecule has 0 aromatic heterocycles. The number of aliphatic hydroxyl groups is 10. The fourth-order valence-electron chi connectivity index (χ4n) is 3.88. The van der Waals surface area contributed by atoms with Gasteiger partial charge in [0.15, 0.2) is 18.9 Å². The quantitative estimate of drug-likeness (QED) is 0.167. The van der Waals surface area contributed by atoms with Crippen LogP contribution in [-0.2, 0) is 23.7 Å². The fraction of sp³-hybridized carbons (Fsp3) is 1.00. The van der Waals surface area contributed by atoms with Gasteiger partial charge in [-0.1, -0.05) is 0 Å². The molecular formula is C18H32O15. The first-order valence-electron chi connectivity index (χ1n) is 10.4. The Morgan fingerprint density at radius 1 is 0.606 bits per heavy atom. The molecule has 0 radical (unpaired) electrons. The van der Waals surface area contributed by atoms with Crippen LogP contribution < -0.4 is 0 Å². The molecule has 0 aliphatic carbocycles. The van der Waals surface area contributed by atoms with Crippen LogP contribution >= 0.6 is 0 Å². The summed E-state index contributed by atoms with van der Waals surface area (Å²) in [6.07, 6.45) is -23.4. The van der Waals surface area contributed by atoms with E-state index in [0.29, 0.717) is 0 Å². The highest BCUT2D eigenvalue weighted by Gasteiger charge is 2.51. The highest BCUT2D eigenvalue weighted by atomic mass is 16.7. The van der Waals surface area contributed by atoms with E-state index in [9.17, 15) is 51.1 Å². The van der Waals surface area contributed by atoms with E-state index in [0.717, 1.165) is 0 Å². The molecule has 15 atom stereocenters. The van der Waals surface area contributed by atoms with Crippen molar-refractivity contribution in [2.75, 3.05) is 13.2 Å². The van der Waals surface area contributed by atoms with E-state index in [-0.39, 0.29) is 0 Å². The molecule has 3 aliphatic heterocycles. The Hall–Kier alpha value is -0.600. The van der Waals surface area contributed by atoms with Crippen LogP contribution in [0.25, 0.3) is 0 Å². The molecular weight excluding hydrogens is 456 g/mol. The molecule has 3 aliphatic rings. The van der Waals surface area contributed by atoms with Gasteiger partial charge in [0.2, 0.25) is 0 Å². The van der Waals surface area contributed by atoms with Crippen molar-refractivity contribution in [3.8, 4) is 0 Å². The fourth-order valence-corrected chi connectivity index (χ4v) is 3.88. The Balaban J connectivity index is 1.59. The molecule has 3 fully saturated rings. The van der Waals surface area contributed by atoms with E-state index in [1.165, 1.54) is 6.92 Å². The molecule has 0 aromatic rings. The Bertz CT molecular complexity index is 624. The predicted molar refractivity (Wildman–Crippen MR) is 99.8 cm³/mol. The third-order valence-corrected chi connectivity index (χ3v) is 6.04. The van der Waals surface area contributed by atoms with Crippen LogP contribution in [-0.4, -0.2) is 156 Å². The Morgan fingerprint density at radius 3 is 1.82 bits per heavy atom. The molecule has 0 saturated carbocycles. The first-order chi connectivity index (χ1) is 15.5. The number of aliphatic hydroxyl groups excluding tert-OH is 10. The van der Waals surface area contributed by atoms with Crippen molar-refractivity contribution in [2.24, 2.45) is 0 Å². The van der Waals surface area contributed by atoms with Crippen molar-refractivity contribution in [1.82, 2.24) is 0 Å². The third kappa shape index (κ3) is 5.48. The van der Waals surface area contributed by atoms with Crippen LogP contribution in [0.5, 0.6) is 0 Å². The molecule has 15 nitrogen and oxygen atoms in total. The van der Waals surface area contributed by atoms with Gasteiger partial charge in [0, 0.05) is 0 Å². The highest BCUT2D eigenvalue weighted by Crippen LogP contribution is 2.29. The van der Waals surface area contributed by atoms with Crippen LogP contribution in [0.2, 0.25) is 0 Å². The van der Waals surface area contributed by atoms with E-state index >= 15 is 0 Å². The minimum atomic E-state index is -1.88. The summed E-state index contributed by atoms with van der Waals surface area (Å²) < 4.78 is 26.2. The zero-order valence-electron chi connectivity index (χ0n) is 17.6. The van der Waals surface area contributed by atoms with Gasteiger partial charge < -0.3 is 74.7 Å². The van der Waals surface area contributed by atoms with Crippen molar-refractivity contribution in [3.05, 3.63) is 0 Å². The number of hydrogen-bond donors (Lipinski definition) is 10. The normalized spacial score (nSPS) is 53.7. The van der Waals surface area contributed by atoms with Crippen molar-refractivity contribution in [3.63, 3.8) is 0 Å². The maximum Gasteiger partial charge on any atom is 0.187 e. The molecule has 0 spiro atoms. The maximum atomic E-state index is 10.4. The SMILES string of the molecule is C[C@@H]1O[C@@H](OC[C@H]2O[C@@H](O)[C@H](O[C@@H]3O[C@H](CO)[C@H](O)[C@H](O)[C@H]3O)[C@@H](O)[C@@H]2O)[C@H](O)[C@H](O)[C@H]1O. The Morgan fingerprint density at radius 2 is 1.18 bits per heavy atom. The van der Waals surface area contributed by atoms with Gasteiger partial charge in [-0.15, -0.1) is 0 Å². The zero-order chi connectivity index (χ0) is 24.6. The standard InChI is InChI=1S/C18H32O15/c1-4-7(20)10(23)13(26)17(30-4)29-3-6-9(22)12(25)15(16(28)31-6)33-18-14(27)11(24)8(21)5(2-19)32-18/h4-28H,2-3H2,1H3/t4-,5+,6+,7-,8-,9+,10+,11-,12-,13+,14+,15+,16+,17+,18-/m0/s1.